The Morgan fingerprint density at radius 1 is 1.83 bits per heavy atom. The lowest BCUT2D eigenvalue weighted by Crippen LogP contribution is -1.79. The standard InChI is InChI=1S/C2H4N2O2/c1-3-4-2(5)6/h1H3,(H,5,6). The Labute approximate surface area is 34.5 Å². The van der Waals surface area contributed by atoms with Crippen molar-refractivity contribution in [2.75, 3.05) is 7.05 Å². The first-order chi connectivity index (χ1) is 2.77. The lowest BCUT2D eigenvalue weighted by Gasteiger charge is -1.67. The summed E-state index contributed by atoms with van der Waals surface area (Å²) in [6.45, 7) is 0. The SMILES string of the molecule is CN=NC(=O)O. The van der Waals surface area contributed by atoms with Gasteiger partial charge in [0, 0.05) is 7.05 Å². The third kappa shape index (κ3) is 3.07. The predicted octanol–water partition coefficient (Wildman–Crippen LogP) is 0.746. The molecule has 1 N–H and O–H groups in total. The van der Waals surface area contributed by atoms with E-state index in [1.54, 1.807) is 0 Å². The summed E-state index contributed by atoms with van der Waals surface area (Å²) in [5, 5.41) is 13.3. The highest BCUT2D eigenvalue weighted by molar-refractivity contribution is 5.64. The number of amides is 1. The predicted molar refractivity (Wildman–Crippen MR) is 18.8 cm³/mol. The Kier molecular flexibility index (Phi) is 1.96. The third-order valence-electron chi connectivity index (χ3n) is 0.186. The van der Waals surface area contributed by atoms with Crippen molar-refractivity contribution in [3.05, 3.63) is 0 Å². The van der Waals surface area contributed by atoms with Crippen LogP contribution in [0.25, 0.3) is 0 Å². The Morgan fingerprint density at radius 3 is 2.33 bits per heavy atom. The van der Waals surface area contributed by atoms with E-state index in [9.17, 15) is 4.79 Å². The first-order valence-electron chi connectivity index (χ1n) is 1.30. The summed E-state index contributed by atoms with van der Waals surface area (Å²) >= 11 is 0. The van der Waals surface area contributed by atoms with Crippen molar-refractivity contribution >= 4 is 6.09 Å². The maximum absolute atomic E-state index is 9.34. The zero-order chi connectivity index (χ0) is 4.99. The summed E-state index contributed by atoms with van der Waals surface area (Å²) in [6, 6.07) is 0. The zero-order valence-corrected chi connectivity index (χ0v) is 3.25. The van der Waals surface area contributed by atoms with Crippen LogP contribution in [0.2, 0.25) is 0 Å². The molecule has 0 aliphatic carbocycles. The molecule has 34 valence electrons. The van der Waals surface area contributed by atoms with E-state index in [1.165, 1.54) is 7.05 Å². The van der Waals surface area contributed by atoms with Crippen LogP contribution in [-0.2, 0) is 0 Å². The lowest BCUT2D eigenvalue weighted by atomic mass is 11.3. The fourth-order valence-corrected chi connectivity index (χ4v) is 0.0855. The van der Waals surface area contributed by atoms with Crippen LogP contribution >= 0.6 is 0 Å². The van der Waals surface area contributed by atoms with Crippen LogP contribution in [0, 0.1) is 0 Å². The quantitative estimate of drug-likeness (QED) is 0.444. The van der Waals surface area contributed by atoms with Gasteiger partial charge in [-0.15, -0.1) is 0 Å². The highest BCUT2D eigenvalue weighted by Crippen LogP contribution is 1.68. The van der Waals surface area contributed by atoms with Crippen molar-refractivity contribution in [1.29, 1.82) is 0 Å². The van der Waals surface area contributed by atoms with Crippen molar-refractivity contribution in [3.63, 3.8) is 0 Å². The van der Waals surface area contributed by atoms with Gasteiger partial charge in [-0.2, -0.15) is 5.11 Å². The number of azo groups is 1. The molecule has 1 amide bonds. The van der Waals surface area contributed by atoms with E-state index in [1.807, 2.05) is 0 Å². The molecule has 0 spiro atoms. The fraction of sp³-hybridized carbons (Fsp3) is 0.500. The molecular weight excluding hydrogens is 84.0 g/mol. The maximum atomic E-state index is 9.34. The number of nitrogens with zero attached hydrogens (tertiary/aromatic N) is 2. The molecule has 0 saturated heterocycles. The summed E-state index contributed by atoms with van der Waals surface area (Å²) in [6.07, 6.45) is -1.25. The Morgan fingerprint density at radius 2 is 2.33 bits per heavy atom. The molecular formula is C2H4N2O2. The van der Waals surface area contributed by atoms with Gasteiger partial charge in [-0.1, -0.05) is 5.11 Å². The fourth-order valence-electron chi connectivity index (χ4n) is 0.0855. The molecule has 0 aromatic rings. The van der Waals surface area contributed by atoms with Crippen molar-refractivity contribution in [2.45, 2.75) is 0 Å². The first kappa shape index (κ1) is 5.07. The summed E-state index contributed by atoms with van der Waals surface area (Å²) in [4.78, 5) is 9.34. The number of carboxylic acid groups (broad SMARTS) is 1. The smallest absolute Gasteiger partial charge is 0.449 e. The molecule has 4 nitrogen and oxygen atoms in total. The average Bonchev–Trinajstić information content (AvgIpc) is 1.35. The number of hydrogen-bond donors (Lipinski definition) is 1. The van der Waals surface area contributed by atoms with Crippen LogP contribution in [0.4, 0.5) is 4.79 Å². The second kappa shape index (κ2) is 2.32. The highest BCUT2D eigenvalue weighted by atomic mass is 16.4. The molecule has 0 rings (SSSR count). The molecule has 6 heavy (non-hydrogen) atoms. The maximum Gasteiger partial charge on any atom is 0.449 e. The van der Waals surface area contributed by atoms with Crippen LogP contribution in [0.5, 0.6) is 0 Å². The van der Waals surface area contributed by atoms with Gasteiger partial charge < -0.3 is 5.11 Å². The van der Waals surface area contributed by atoms with Gasteiger partial charge in [0.1, 0.15) is 0 Å². The molecule has 0 aromatic heterocycles. The van der Waals surface area contributed by atoms with Crippen LogP contribution < -0.4 is 0 Å². The lowest BCUT2D eigenvalue weighted by molar-refractivity contribution is 0.204. The van der Waals surface area contributed by atoms with E-state index in [0.717, 1.165) is 0 Å². The molecule has 0 unspecified atom stereocenters. The van der Waals surface area contributed by atoms with Gasteiger partial charge in [0.15, 0.2) is 0 Å². The molecule has 0 atom stereocenters. The third-order valence-corrected chi connectivity index (χ3v) is 0.186. The minimum Gasteiger partial charge on any atom is -0.462 e. The average molecular weight is 88.1 g/mol. The molecule has 0 aliphatic rings. The molecule has 4 heteroatoms. The molecule has 0 radical (unpaired) electrons. The normalized spacial score (nSPS) is 9.50. The van der Waals surface area contributed by atoms with Gasteiger partial charge in [0.25, 0.3) is 0 Å². The van der Waals surface area contributed by atoms with E-state index in [0.29, 0.717) is 0 Å². The minimum atomic E-state index is -1.25. The zero-order valence-electron chi connectivity index (χ0n) is 3.25. The largest absolute Gasteiger partial charge is 0.462 e. The van der Waals surface area contributed by atoms with Gasteiger partial charge in [-0.25, -0.2) is 4.79 Å². The van der Waals surface area contributed by atoms with E-state index in [-0.39, 0.29) is 0 Å². The van der Waals surface area contributed by atoms with Gasteiger partial charge in [-0.05, 0) is 0 Å². The van der Waals surface area contributed by atoms with Gasteiger partial charge >= 0.3 is 6.09 Å². The van der Waals surface area contributed by atoms with Crippen molar-refractivity contribution in [2.24, 2.45) is 10.2 Å². The second-order valence-corrected chi connectivity index (χ2v) is 0.583. The number of hydrogen-bond acceptors (Lipinski definition) is 2. The van der Waals surface area contributed by atoms with Gasteiger partial charge in [-0.3, -0.25) is 0 Å². The van der Waals surface area contributed by atoms with Gasteiger partial charge in [0.2, 0.25) is 0 Å². The van der Waals surface area contributed by atoms with Crippen LogP contribution in [0.3, 0.4) is 0 Å². The van der Waals surface area contributed by atoms with E-state index < -0.39 is 6.09 Å². The van der Waals surface area contributed by atoms with Crippen molar-refractivity contribution < 1.29 is 9.90 Å². The first-order valence-corrected chi connectivity index (χ1v) is 1.30. The summed E-state index contributed by atoms with van der Waals surface area (Å²) in [5.41, 5.74) is 0. The highest BCUT2D eigenvalue weighted by Gasteiger charge is 1.80. The topological polar surface area (TPSA) is 62.0 Å². The van der Waals surface area contributed by atoms with Crippen molar-refractivity contribution in [3.8, 4) is 0 Å². The molecule has 0 heterocycles. The minimum absolute atomic E-state index is 1.25. The van der Waals surface area contributed by atoms with E-state index in [2.05, 4.69) is 10.2 Å². The summed E-state index contributed by atoms with van der Waals surface area (Å²) < 4.78 is 0. The summed E-state index contributed by atoms with van der Waals surface area (Å²) in [5.74, 6) is 0. The Bertz CT molecular complexity index is 77.6. The Balaban J connectivity index is 3.30. The number of carbonyl (C=O) groups is 1. The van der Waals surface area contributed by atoms with Crippen LogP contribution in [0.1, 0.15) is 0 Å². The number of rotatable bonds is 0. The Hall–Kier alpha value is -0.930. The summed E-state index contributed by atoms with van der Waals surface area (Å²) in [7, 11) is 1.30. The molecule has 0 aromatic carbocycles. The van der Waals surface area contributed by atoms with Crippen LogP contribution in [-0.4, -0.2) is 18.2 Å². The van der Waals surface area contributed by atoms with E-state index in [4.69, 9.17) is 5.11 Å². The monoisotopic (exact) mass is 88.0 g/mol. The molecule has 0 bridgehead atoms. The van der Waals surface area contributed by atoms with E-state index >= 15 is 0 Å². The van der Waals surface area contributed by atoms with Crippen molar-refractivity contribution in [1.82, 2.24) is 0 Å². The molecule has 0 fully saturated rings. The van der Waals surface area contributed by atoms with Gasteiger partial charge in [0.05, 0.1) is 0 Å². The van der Waals surface area contributed by atoms with Crippen LogP contribution in [0.15, 0.2) is 10.2 Å². The second-order valence-electron chi connectivity index (χ2n) is 0.583. The molecule has 0 aliphatic heterocycles. The molecule has 0 saturated carbocycles.